The molecule has 0 N–H and O–H groups in total. The third-order valence-electron chi connectivity index (χ3n) is 4.04. The molecule has 1 fully saturated rings. The van der Waals surface area contributed by atoms with Crippen molar-refractivity contribution in [3.63, 3.8) is 0 Å². The van der Waals surface area contributed by atoms with E-state index in [-0.39, 0.29) is 5.41 Å². The number of carbonyl (C=O) groups excluding carboxylic acids is 1. The van der Waals surface area contributed by atoms with Crippen LogP contribution in [0.15, 0.2) is 12.2 Å². The summed E-state index contributed by atoms with van der Waals surface area (Å²) in [6, 6.07) is 0. The Hall–Kier alpha value is -0.590. The predicted octanol–water partition coefficient (Wildman–Crippen LogP) is 2.42. The highest BCUT2D eigenvalue weighted by Gasteiger charge is 2.56. The molecule has 66 valence electrons. The molecule has 3 rings (SSSR count). The summed E-state index contributed by atoms with van der Waals surface area (Å²) in [5, 5.41) is 0. The van der Waals surface area contributed by atoms with Crippen molar-refractivity contribution in [1.82, 2.24) is 0 Å². The maximum atomic E-state index is 11.0. The molecule has 3 aliphatic rings. The molecule has 1 saturated carbocycles. The highest BCUT2D eigenvalue weighted by atomic mass is 16.1. The molecule has 0 amide bonds. The van der Waals surface area contributed by atoms with Crippen LogP contribution in [0.1, 0.15) is 27.2 Å². The highest BCUT2D eigenvalue weighted by Crippen LogP contribution is 2.62. The van der Waals surface area contributed by atoms with Gasteiger partial charge in [-0.05, 0) is 30.6 Å². The van der Waals surface area contributed by atoms with Crippen molar-refractivity contribution in [2.75, 3.05) is 0 Å². The summed E-state index contributed by atoms with van der Waals surface area (Å²) in [6.45, 7) is 6.60. The molecule has 0 heterocycles. The monoisotopic (exact) mass is 164 g/mol. The van der Waals surface area contributed by atoms with Gasteiger partial charge in [0.05, 0.1) is 0 Å². The number of allylic oxidation sites excluding steroid dienone is 2. The van der Waals surface area contributed by atoms with Gasteiger partial charge in [0.1, 0.15) is 6.29 Å². The summed E-state index contributed by atoms with van der Waals surface area (Å²) in [4.78, 5) is 11.0. The lowest BCUT2D eigenvalue weighted by atomic mass is 9.44. The second-order valence-electron chi connectivity index (χ2n) is 5.06. The molecule has 0 aromatic carbocycles. The first-order valence-corrected chi connectivity index (χ1v) is 4.66. The summed E-state index contributed by atoms with van der Waals surface area (Å²) < 4.78 is 0. The summed E-state index contributed by atoms with van der Waals surface area (Å²) in [5.41, 5.74) is 0.169. The Kier molecular flexibility index (Phi) is 1.35. The van der Waals surface area contributed by atoms with Crippen LogP contribution in [0.25, 0.3) is 0 Å². The van der Waals surface area contributed by atoms with Crippen LogP contribution in [-0.4, -0.2) is 6.29 Å². The maximum Gasteiger partial charge on any atom is 0.129 e. The predicted molar refractivity (Wildman–Crippen MR) is 48.7 cm³/mol. The standard InChI is InChI=1S/C11H16O/c1-10(2)8-4-5-11(3,7-12)9(10)6-8/h4-5,7-9H,6H2,1-3H3. The topological polar surface area (TPSA) is 17.1 Å². The molecule has 0 aliphatic heterocycles. The first kappa shape index (κ1) is 8.03. The molecule has 0 spiro atoms. The zero-order valence-electron chi connectivity index (χ0n) is 8.00. The van der Waals surface area contributed by atoms with Crippen LogP contribution in [0.3, 0.4) is 0 Å². The number of carbonyl (C=O) groups is 1. The molecule has 3 unspecified atom stereocenters. The molecule has 12 heavy (non-hydrogen) atoms. The Morgan fingerprint density at radius 3 is 2.42 bits per heavy atom. The second kappa shape index (κ2) is 2.01. The molecular weight excluding hydrogens is 148 g/mol. The second-order valence-corrected chi connectivity index (χ2v) is 5.06. The van der Waals surface area contributed by atoms with Crippen LogP contribution in [0.2, 0.25) is 0 Å². The van der Waals surface area contributed by atoms with Crippen molar-refractivity contribution >= 4 is 6.29 Å². The molecule has 0 aromatic heterocycles. The van der Waals surface area contributed by atoms with Gasteiger partial charge in [0, 0.05) is 5.41 Å². The van der Waals surface area contributed by atoms with Crippen molar-refractivity contribution in [3.8, 4) is 0 Å². The van der Waals surface area contributed by atoms with Gasteiger partial charge < -0.3 is 4.79 Å². The van der Waals surface area contributed by atoms with Crippen LogP contribution in [-0.2, 0) is 4.79 Å². The Morgan fingerprint density at radius 1 is 1.42 bits per heavy atom. The fraction of sp³-hybridized carbons (Fsp3) is 0.727. The minimum atomic E-state index is -0.182. The Bertz CT molecular complexity index is 252. The van der Waals surface area contributed by atoms with Gasteiger partial charge in [-0.2, -0.15) is 0 Å². The van der Waals surface area contributed by atoms with E-state index in [0.717, 1.165) is 12.2 Å². The normalized spacial score (nSPS) is 48.2. The van der Waals surface area contributed by atoms with Gasteiger partial charge in [-0.15, -0.1) is 0 Å². The highest BCUT2D eigenvalue weighted by molar-refractivity contribution is 5.64. The zero-order valence-corrected chi connectivity index (χ0v) is 8.00. The Balaban J connectivity index is 2.39. The number of fused-ring (bicyclic) bond motifs is 1. The van der Waals surface area contributed by atoms with E-state index < -0.39 is 0 Å². The quantitative estimate of drug-likeness (QED) is 0.429. The number of hydrogen-bond acceptors (Lipinski definition) is 1. The molecule has 1 nitrogen and oxygen atoms in total. The molecule has 1 heteroatoms. The summed E-state index contributed by atoms with van der Waals surface area (Å²) in [6.07, 6.45) is 6.66. The van der Waals surface area contributed by atoms with Gasteiger partial charge in [-0.25, -0.2) is 0 Å². The van der Waals surface area contributed by atoms with Crippen molar-refractivity contribution in [2.24, 2.45) is 22.7 Å². The van der Waals surface area contributed by atoms with Gasteiger partial charge in [0.25, 0.3) is 0 Å². The van der Waals surface area contributed by atoms with E-state index in [9.17, 15) is 4.79 Å². The van der Waals surface area contributed by atoms with Crippen molar-refractivity contribution in [1.29, 1.82) is 0 Å². The van der Waals surface area contributed by atoms with Gasteiger partial charge in [-0.3, -0.25) is 0 Å². The average molecular weight is 164 g/mol. The first-order valence-electron chi connectivity index (χ1n) is 4.66. The van der Waals surface area contributed by atoms with Gasteiger partial charge in [0.2, 0.25) is 0 Å². The molecule has 0 saturated heterocycles. The first-order chi connectivity index (χ1) is 5.50. The maximum absolute atomic E-state index is 11.0. The summed E-state index contributed by atoms with van der Waals surface area (Å²) in [5.74, 6) is 1.29. The van der Waals surface area contributed by atoms with E-state index >= 15 is 0 Å². The Morgan fingerprint density at radius 2 is 2.08 bits per heavy atom. The average Bonchev–Trinajstić information content (AvgIpc) is 2.04. The Labute approximate surface area is 73.8 Å². The van der Waals surface area contributed by atoms with E-state index in [2.05, 4.69) is 32.9 Å². The number of hydrogen-bond donors (Lipinski definition) is 0. The van der Waals surface area contributed by atoms with Crippen LogP contribution in [0.5, 0.6) is 0 Å². The van der Waals surface area contributed by atoms with Gasteiger partial charge in [-0.1, -0.05) is 26.0 Å². The van der Waals surface area contributed by atoms with Gasteiger partial charge in [0.15, 0.2) is 0 Å². The van der Waals surface area contributed by atoms with Gasteiger partial charge >= 0.3 is 0 Å². The molecule has 3 aliphatic carbocycles. The van der Waals surface area contributed by atoms with Crippen LogP contribution < -0.4 is 0 Å². The fourth-order valence-corrected chi connectivity index (χ4v) is 2.90. The summed E-state index contributed by atoms with van der Waals surface area (Å²) >= 11 is 0. The molecule has 3 atom stereocenters. The van der Waals surface area contributed by atoms with Crippen LogP contribution in [0, 0.1) is 22.7 Å². The van der Waals surface area contributed by atoms with Crippen LogP contribution >= 0.6 is 0 Å². The molecule has 2 bridgehead atoms. The van der Waals surface area contributed by atoms with Crippen LogP contribution in [0.4, 0.5) is 0 Å². The number of aldehydes is 1. The minimum Gasteiger partial charge on any atom is -0.302 e. The SMILES string of the molecule is CC1(C=O)C=CC2CC1C2(C)C. The molecule has 0 aromatic rings. The van der Waals surface area contributed by atoms with E-state index in [1.165, 1.54) is 6.42 Å². The fourth-order valence-electron chi connectivity index (χ4n) is 2.90. The molecular formula is C11H16O. The van der Waals surface area contributed by atoms with E-state index in [4.69, 9.17) is 0 Å². The minimum absolute atomic E-state index is 0.182. The smallest absolute Gasteiger partial charge is 0.129 e. The third kappa shape index (κ3) is 0.720. The lowest BCUT2D eigenvalue weighted by Gasteiger charge is -2.59. The van der Waals surface area contributed by atoms with E-state index in [1.54, 1.807) is 0 Å². The third-order valence-corrected chi connectivity index (χ3v) is 4.04. The summed E-state index contributed by atoms with van der Waals surface area (Å²) in [7, 11) is 0. The van der Waals surface area contributed by atoms with E-state index in [1.807, 2.05) is 0 Å². The van der Waals surface area contributed by atoms with Crippen molar-refractivity contribution < 1.29 is 4.79 Å². The van der Waals surface area contributed by atoms with E-state index in [0.29, 0.717) is 11.3 Å². The number of rotatable bonds is 1. The zero-order chi connectivity index (χ0) is 8.98. The largest absolute Gasteiger partial charge is 0.302 e. The van der Waals surface area contributed by atoms with Crippen molar-refractivity contribution in [3.05, 3.63) is 12.2 Å². The molecule has 0 radical (unpaired) electrons. The lowest BCUT2D eigenvalue weighted by molar-refractivity contribution is -0.129. The van der Waals surface area contributed by atoms with Crippen molar-refractivity contribution in [2.45, 2.75) is 27.2 Å². The lowest BCUT2D eigenvalue weighted by Crippen LogP contribution is -2.54.